The molecule has 4 atom stereocenters. The maximum absolute atomic E-state index is 2.43. The third kappa shape index (κ3) is 2.48. The normalized spacial score (nSPS) is 45.7. The smallest absolute Gasteiger partial charge is 0.0409 e. The molecule has 0 aromatic heterocycles. The van der Waals surface area contributed by atoms with Crippen molar-refractivity contribution >= 4 is 0 Å². The molecule has 0 saturated heterocycles. The highest BCUT2D eigenvalue weighted by atomic mass is 14.3. The average molecular weight is 180 g/mol. The minimum Gasteiger partial charge on any atom is -0.0625 e. The second-order valence-corrected chi connectivity index (χ2v) is 5.80. The quantitative estimate of drug-likeness (QED) is 0.596. The van der Waals surface area contributed by atoms with E-state index in [1.165, 1.54) is 38.5 Å². The van der Waals surface area contributed by atoms with E-state index in [-0.39, 0.29) is 0 Å². The lowest BCUT2D eigenvalue weighted by molar-refractivity contribution is 0.366. The third-order valence-electron chi connectivity index (χ3n) is 4.27. The van der Waals surface area contributed by atoms with Gasteiger partial charge < -0.3 is 0 Å². The molecule has 0 aliphatic heterocycles. The Bertz CT molecular complexity index is 143. The minimum absolute atomic E-state index is 1.03. The van der Waals surface area contributed by atoms with Crippen molar-refractivity contribution in [1.82, 2.24) is 0 Å². The van der Waals surface area contributed by atoms with Crippen LogP contribution in [0.25, 0.3) is 0 Å². The van der Waals surface area contributed by atoms with Crippen LogP contribution in [0.5, 0.6) is 0 Å². The van der Waals surface area contributed by atoms with E-state index >= 15 is 0 Å². The van der Waals surface area contributed by atoms with Gasteiger partial charge in [0.15, 0.2) is 0 Å². The van der Waals surface area contributed by atoms with Crippen molar-refractivity contribution in [2.45, 2.75) is 58.8 Å². The van der Waals surface area contributed by atoms with E-state index in [0.717, 1.165) is 23.7 Å². The lowest BCUT2D eigenvalue weighted by atomic mass is 9.91. The first-order valence-corrected chi connectivity index (χ1v) is 6.24. The fourth-order valence-corrected chi connectivity index (χ4v) is 3.55. The van der Waals surface area contributed by atoms with E-state index in [1.54, 1.807) is 6.42 Å². The monoisotopic (exact) mass is 180 g/mol. The third-order valence-corrected chi connectivity index (χ3v) is 4.27. The van der Waals surface area contributed by atoms with Gasteiger partial charge in [0.1, 0.15) is 0 Å². The molecule has 0 N–H and O–H groups in total. The number of rotatable bonds is 2. The predicted molar refractivity (Wildman–Crippen MR) is 57.6 cm³/mol. The van der Waals surface area contributed by atoms with Crippen LogP contribution in [0, 0.1) is 23.7 Å². The summed E-state index contributed by atoms with van der Waals surface area (Å²) in [4.78, 5) is 0. The van der Waals surface area contributed by atoms with Crippen LogP contribution in [0.1, 0.15) is 58.8 Å². The van der Waals surface area contributed by atoms with Crippen LogP contribution < -0.4 is 0 Å². The molecule has 0 radical (unpaired) electrons. The molecule has 2 unspecified atom stereocenters. The average Bonchev–Trinajstić information content (AvgIpc) is 2.62. The first kappa shape index (κ1) is 9.55. The minimum atomic E-state index is 1.03. The van der Waals surface area contributed by atoms with Gasteiger partial charge in [-0.25, -0.2) is 0 Å². The lowest BCUT2D eigenvalue weighted by Gasteiger charge is -2.15. The summed E-state index contributed by atoms with van der Waals surface area (Å²) in [7, 11) is 0. The fourth-order valence-electron chi connectivity index (χ4n) is 3.55. The van der Waals surface area contributed by atoms with Crippen LogP contribution in [0.2, 0.25) is 0 Å². The zero-order chi connectivity index (χ0) is 9.26. The van der Waals surface area contributed by atoms with E-state index in [2.05, 4.69) is 13.8 Å². The van der Waals surface area contributed by atoms with Gasteiger partial charge in [-0.05, 0) is 42.9 Å². The zero-order valence-electron chi connectivity index (χ0n) is 9.26. The summed E-state index contributed by atoms with van der Waals surface area (Å²) < 4.78 is 0. The van der Waals surface area contributed by atoms with Crippen molar-refractivity contribution in [1.29, 1.82) is 0 Å². The molecule has 2 aliphatic carbocycles. The van der Waals surface area contributed by atoms with Crippen molar-refractivity contribution in [2.75, 3.05) is 0 Å². The second-order valence-electron chi connectivity index (χ2n) is 5.80. The molecule has 2 rings (SSSR count). The summed E-state index contributed by atoms with van der Waals surface area (Å²) in [5.74, 6) is 4.27. The van der Waals surface area contributed by atoms with E-state index < -0.39 is 0 Å². The summed E-state index contributed by atoms with van der Waals surface area (Å²) >= 11 is 0. The molecular weight excluding hydrogens is 156 g/mol. The Balaban J connectivity index is 1.72. The van der Waals surface area contributed by atoms with E-state index in [9.17, 15) is 0 Å². The molecule has 0 nitrogen and oxygen atoms in total. The highest BCUT2D eigenvalue weighted by Crippen LogP contribution is 2.40. The molecule has 76 valence electrons. The van der Waals surface area contributed by atoms with E-state index in [4.69, 9.17) is 0 Å². The molecule has 0 heterocycles. The van der Waals surface area contributed by atoms with Crippen LogP contribution >= 0.6 is 0 Å². The van der Waals surface area contributed by atoms with E-state index in [0.29, 0.717) is 0 Å². The second kappa shape index (κ2) is 4.02. The number of hydrogen-bond donors (Lipinski definition) is 0. The molecule has 2 saturated carbocycles. The SMILES string of the molecule is C[C@@H]1CCC(CC2CC[C@H](C)C2)C1. The van der Waals surface area contributed by atoms with Gasteiger partial charge in [0.25, 0.3) is 0 Å². The van der Waals surface area contributed by atoms with Crippen LogP contribution in [0.4, 0.5) is 0 Å². The van der Waals surface area contributed by atoms with Crippen molar-refractivity contribution in [2.24, 2.45) is 23.7 Å². The molecule has 2 aliphatic rings. The molecule has 0 aromatic carbocycles. The van der Waals surface area contributed by atoms with Crippen LogP contribution in [-0.2, 0) is 0 Å². The summed E-state index contributed by atoms with van der Waals surface area (Å²) in [5.41, 5.74) is 0. The van der Waals surface area contributed by atoms with Crippen LogP contribution in [0.15, 0.2) is 0 Å². The summed E-state index contributed by atoms with van der Waals surface area (Å²) in [5, 5.41) is 0. The molecular formula is C13H24. The predicted octanol–water partition coefficient (Wildman–Crippen LogP) is 4.25. The summed E-state index contributed by atoms with van der Waals surface area (Å²) in [6.07, 6.45) is 10.7. The van der Waals surface area contributed by atoms with Gasteiger partial charge in [-0.3, -0.25) is 0 Å². The molecule has 0 amide bonds. The maximum atomic E-state index is 2.43. The molecule has 13 heavy (non-hydrogen) atoms. The largest absolute Gasteiger partial charge is 0.0625 e. The summed E-state index contributed by atoms with van der Waals surface area (Å²) in [6.45, 7) is 4.86. The van der Waals surface area contributed by atoms with Gasteiger partial charge in [0.2, 0.25) is 0 Å². The zero-order valence-corrected chi connectivity index (χ0v) is 9.26. The highest BCUT2D eigenvalue weighted by Gasteiger charge is 2.27. The van der Waals surface area contributed by atoms with E-state index in [1.807, 2.05) is 0 Å². The van der Waals surface area contributed by atoms with Gasteiger partial charge in [0.05, 0.1) is 0 Å². The van der Waals surface area contributed by atoms with Gasteiger partial charge >= 0.3 is 0 Å². The van der Waals surface area contributed by atoms with Gasteiger partial charge in [-0.15, -0.1) is 0 Å². The van der Waals surface area contributed by atoms with Gasteiger partial charge in [0, 0.05) is 0 Å². The Labute approximate surface area is 83.1 Å². The topological polar surface area (TPSA) is 0 Å². The molecule has 0 bridgehead atoms. The fraction of sp³-hybridized carbons (Fsp3) is 1.00. The Morgan fingerprint density at radius 3 is 1.54 bits per heavy atom. The molecule has 0 heteroatoms. The van der Waals surface area contributed by atoms with Gasteiger partial charge in [-0.1, -0.05) is 39.5 Å². The maximum Gasteiger partial charge on any atom is -0.0409 e. The Hall–Kier alpha value is 0. The van der Waals surface area contributed by atoms with Crippen molar-refractivity contribution in [3.8, 4) is 0 Å². The van der Waals surface area contributed by atoms with Crippen molar-refractivity contribution < 1.29 is 0 Å². The first-order chi connectivity index (χ1) is 6.24. The Morgan fingerprint density at radius 2 is 1.23 bits per heavy atom. The lowest BCUT2D eigenvalue weighted by Crippen LogP contribution is -2.03. The summed E-state index contributed by atoms with van der Waals surface area (Å²) in [6, 6.07) is 0. The van der Waals surface area contributed by atoms with Crippen LogP contribution in [0.3, 0.4) is 0 Å². The Kier molecular flexibility index (Phi) is 2.96. The highest BCUT2D eigenvalue weighted by molar-refractivity contribution is 4.79. The Morgan fingerprint density at radius 1 is 0.769 bits per heavy atom. The van der Waals surface area contributed by atoms with Gasteiger partial charge in [-0.2, -0.15) is 0 Å². The molecule has 2 fully saturated rings. The standard InChI is InChI=1S/C13H24/c1-10-3-5-12(7-10)9-13-6-4-11(2)8-13/h10-13H,3-9H2,1-2H3/t10-,11+,12?,13?. The molecule has 0 aromatic rings. The van der Waals surface area contributed by atoms with Crippen molar-refractivity contribution in [3.05, 3.63) is 0 Å². The first-order valence-electron chi connectivity index (χ1n) is 6.24. The molecule has 0 spiro atoms. The van der Waals surface area contributed by atoms with Crippen LogP contribution in [-0.4, -0.2) is 0 Å². The van der Waals surface area contributed by atoms with Crippen molar-refractivity contribution in [3.63, 3.8) is 0 Å². The number of hydrogen-bond acceptors (Lipinski definition) is 0.